The first-order valence-corrected chi connectivity index (χ1v) is 3.39. The molecule has 2 rings (SSSR count). The fourth-order valence-electron chi connectivity index (χ4n) is 1.14. The predicted molar refractivity (Wildman–Crippen MR) is 42.9 cm³/mol. The van der Waals surface area contributed by atoms with E-state index in [1.54, 1.807) is 18.2 Å². The molecule has 4 nitrogen and oxygen atoms in total. The molecule has 0 amide bonds. The molecule has 0 aliphatic heterocycles. The molecular formula is C8H5NO3. The van der Waals surface area contributed by atoms with Gasteiger partial charge in [-0.05, 0) is 12.1 Å². The summed E-state index contributed by atoms with van der Waals surface area (Å²) in [5, 5.41) is 11.0. The molecule has 1 aromatic carbocycles. The highest BCUT2D eigenvalue weighted by atomic mass is 16.6. The molecule has 0 radical (unpaired) electrons. The number of furan rings is 1. The summed E-state index contributed by atoms with van der Waals surface area (Å²) < 4.78 is 5.00. The first-order chi connectivity index (χ1) is 5.79. The number of nitro groups is 1. The number of hydrogen-bond donors (Lipinski definition) is 0. The Labute approximate surface area is 67.6 Å². The van der Waals surface area contributed by atoms with Crippen LogP contribution in [0.3, 0.4) is 0 Å². The minimum atomic E-state index is -0.419. The van der Waals surface area contributed by atoms with Gasteiger partial charge in [0.2, 0.25) is 0 Å². The van der Waals surface area contributed by atoms with Gasteiger partial charge in [0, 0.05) is 6.07 Å². The number of benzene rings is 1. The molecule has 4 heteroatoms. The summed E-state index contributed by atoms with van der Waals surface area (Å²) in [7, 11) is 0. The first kappa shape index (κ1) is 6.84. The van der Waals surface area contributed by atoms with Crippen LogP contribution in [0.15, 0.2) is 34.9 Å². The van der Waals surface area contributed by atoms with Gasteiger partial charge in [-0.3, -0.25) is 10.1 Å². The average Bonchev–Trinajstić information content (AvgIpc) is 2.49. The lowest BCUT2D eigenvalue weighted by molar-refractivity contribution is -0.383. The Morgan fingerprint density at radius 1 is 1.33 bits per heavy atom. The van der Waals surface area contributed by atoms with Crippen molar-refractivity contribution < 1.29 is 9.34 Å². The van der Waals surface area contributed by atoms with Gasteiger partial charge in [0.05, 0.1) is 16.6 Å². The molecule has 0 N–H and O–H groups in total. The van der Waals surface area contributed by atoms with Gasteiger partial charge in [0.25, 0.3) is 5.69 Å². The smallest absolute Gasteiger partial charge is 0.280 e. The van der Waals surface area contributed by atoms with E-state index in [9.17, 15) is 10.1 Å². The van der Waals surface area contributed by atoms with Gasteiger partial charge in [-0.2, -0.15) is 0 Å². The quantitative estimate of drug-likeness (QED) is 0.478. The van der Waals surface area contributed by atoms with Crippen molar-refractivity contribution >= 4 is 16.7 Å². The molecule has 0 saturated carbocycles. The van der Waals surface area contributed by atoms with Crippen LogP contribution in [0.2, 0.25) is 0 Å². The Kier molecular flexibility index (Phi) is 1.33. The van der Waals surface area contributed by atoms with E-state index >= 15 is 0 Å². The van der Waals surface area contributed by atoms with Crippen LogP contribution in [-0.2, 0) is 0 Å². The van der Waals surface area contributed by atoms with E-state index in [0.29, 0.717) is 11.0 Å². The number of nitro benzene ring substituents is 1. The second-order valence-electron chi connectivity index (χ2n) is 2.37. The van der Waals surface area contributed by atoms with Gasteiger partial charge in [-0.15, -0.1) is 0 Å². The van der Waals surface area contributed by atoms with Crippen LogP contribution < -0.4 is 0 Å². The van der Waals surface area contributed by atoms with Crippen LogP contribution >= 0.6 is 0 Å². The normalized spacial score (nSPS) is 10.3. The van der Waals surface area contributed by atoms with E-state index in [4.69, 9.17) is 4.42 Å². The molecule has 0 aliphatic carbocycles. The topological polar surface area (TPSA) is 56.3 Å². The molecule has 1 aromatic heterocycles. The van der Waals surface area contributed by atoms with Crippen LogP contribution in [0.5, 0.6) is 0 Å². The zero-order valence-electron chi connectivity index (χ0n) is 6.06. The third-order valence-electron chi connectivity index (χ3n) is 1.67. The molecular weight excluding hydrogens is 158 g/mol. The second-order valence-corrected chi connectivity index (χ2v) is 2.37. The van der Waals surface area contributed by atoms with E-state index < -0.39 is 4.92 Å². The molecule has 0 bridgehead atoms. The van der Waals surface area contributed by atoms with Gasteiger partial charge in [-0.25, -0.2) is 0 Å². The van der Waals surface area contributed by atoms with E-state index in [1.807, 2.05) is 0 Å². The SMILES string of the molecule is O=[N+]([O-])c1cccc2occc12. The maximum atomic E-state index is 10.5. The van der Waals surface area contributed by atoms with Crippen molar-refractivity contribution in [1.29, 1.82) is 0 Å². The summed E-state index contributed by atoms with van der Waals surface area (Å²) in [6.45, 7) is 0. The van der Waals surface area contributed by atoms with Gasteiger partial charge in [0.15, 0.2) is 0 Å². The molecule has 1 heterocycles. The van der Waals surface area contributed by atoms with Crippen LogP contribution in [0.1, 0.15) is 0 Å². The van der Waals surface area contributed by atoms with Crippen LogP contribution in [-0.4, -0.2) is 4.92 Å². The van der Waals surface area contributed by atoms with Crippen molar-refractivity contribution in [3.8, 4) is 0 Å². The summed E-state index contributed by atoms with van der Waals surface area (Å²) >= 11 is 0. The summed E-state index contributed by atoms with van der Waals surface area (Å²) in [5.41, 5.74) is 0.630. The highest BCUT2D eigenvalue weighted by molar-refractivity contribution is 5.86. The predicted octanol–water partition coefficient (Wildman–Crippen LogP) is 2.34. The fraction of sp³-hybridized carbons (Fsp3) is 0. The lowest BCUT2D eigenvalue weighted by Crippen LogP contribution is -1.86. The second kappa shape index (κ2) is 2.34. The van der Waals surface area contributed by atoms with Gasteiger partial charge >= 0.3 is 0 Å². The van der Waals surface area contributed by atoms with Gasteiger partial charge < -0.3 is 4.42 Å². The molecule has 0 aliphatic rings. The highest BCUT2D eigenvalue weighted by Gasteiger charge is 2.11. The molecule has 2 aromatic rings. The third-order valence-corrected chi connectivity index (χ3v) is 1.67. The minimum absolute atomic E-state index is 0.0845. The molecule has 0 unspecified atom stereocenters. The maximum absolute atomic E-state index is 10.5. The Bertz CT molecular complexity index is 433. The highest BCUT2D eigenvalue weighted by Crippen LogP contribution is 2.25. The molecule has 0 saturated heterocycles. The Balaban J connectivity index is 2.82. The van der Waals surface area contributed by atoms with E-state index in [1.165, 1.54) is 12.3 Å². The average molecular weight is 163 g/mol. The summed E-state index contributed by atoms with van der Waals surface area (Å²) in [5.74, 6) is 0. The summed E-state index contributed by atoms with van der Waals surface area (Å²) in [6, 6.07) is 6.34. The van der Waals surface area contributed by atoms with E-state index in [-0.39, 0.29) is 5.69 Å². The molecule has 0 fully saturated rings. The number of hydrogen-bond acceptors (Lipinski definition) is 3. The van der Waals surface area contributed by atoms with Crippen LogP contribution in [0.25, 0.3) is 11.0 Å². The van der Waals surface area contributed by atoms with E-state index in [2.05, 4.69) is 0 Å². The Hall–Kier alpha value is -1.84. The Morgan fingerprint density at radius 2 is 2.17 bits per heavy atom. The van der Waals surface area contributed by atoms with Crippen molar-refractivity contribution in [3.63, 3.8) is 0 Å². The monoisotopic (exact) mass is 163 g/mol. The standard InChI is InChI=1S/C8H5NO3/c10-9(11)7-2-1-3-8-6(7)4-5-12-8/h1-5H. The van der Waals surface area contributed by atoms with E-state index in [0.717, 1.165) is 0 Å². The minimum Gasteiger partial charge on any atom is -0.464 e. The molecule has 12 heavy (non-hydrogen) atoms. The summed E-state index contributed by atoms with van der Waals surface area (Å²) in [4.78, 5) is 10.1. The van der Waals surface area contributed by atoms with Gasteiger partial charge in [0.1, 0.15) is 5.58 Å². The maximum Gasteiger partial charge on any atom is 0.280 e. The number of non-ortho nitro benzene ring substituents is 1. The number of fused-ring (bicyclic) bond motifs is 1. The van der Waals surface area contributed by atoms with Gasteiger partial charge in [-0.1, -0.05) is 6.07 Å². The summed E-state index contributed by atoms with van der Waals surface area (Å²) in [6.07, 6.45) is 1.44. The van der Waals surface area contributed by atoms with Crippen LogP contribution in [0, 0.1) is 10.1 Å². The molecule has 0 atom stereocenters. The largest absolute Gasteiger partial charge is 0.464 e. The van der Waals surface area contributed by atoms with Crippen molar-refractivity contribution in [2.75, 3.05) is 0 Å². The number of nitrogens with zero attached hydrogens (tertiary/aromatic N) is 1. The number of rotatable bonds is 1. The zero-order chi connectivity index (χ0) is 8.55. The molecule has 60 valence electrons. The van der Waals surface area contributed by atoms with Crippen molar-refractivity contribution in [1.82, 2.24) is 0 Å². The van der Waals surface area contributed by atoms with Crippen molar-refractivity contribution in [2.24, 2.45) is 0 Å². The molecule has 0 spiro atoms. The Morgan fingerprint density at radius 3 is 2.92 bits per heavy atom. The van der Waals surface area contributed by atoms with Crippen molar-refractivity contribution in [2.45, 2.75) is 0 Å². The van der Waals surface area contributed by atoms with Crippen LogP contribution in [0.4, 0.5) is 5.69 Å². The van der Waals surface area contributed by atoms with Crippen molar-refractivity contribution in [3.05, 3.63) is 40.6 Å². The fourth-order valence-corrected chi connectivity index (χ4v) is 1.14. The third kappa shape index (κ3) is 0.852. The lowest BCUT2D eigenvalue weighted by atomic mass is 10.2. The zero-order valence-corrected chi connectivity index (χ0v) is 6.06. The lowest BCUT2D eigenvalue weighted by Gasteiger charge is -1.90. The first-order valence-electron chi connectivity index (χ1n) is 3.39.